The lowest BCUT2D eigenvalue weighted by Gasteiger charge is -2.27. The van der Waals surface area contributed by atoms with Crippen molar-refractivity contribution in [1.82, 2.24) is 20.2 Å². The van der Waals surface area contributed by atoms with E-state index >= 15 is 0 Å². The second-order valence-electron chi connectivity index (χ2n) is 5.73. The summed E-state index contributed by atoms with van der Waals surface area (Å²) in [5.41, 5.74) is 1.15. The Hall–Kier alpha value is -1.20. The molecule has 0 aromatic carbocycles. The minimum Gasteiger partial charge on any atom is -0.337 e. The summed E-state index contributed by atoms with van der Waals surface area (Å²) in [7, 11) is 2.18. The molecule has 1 fully saturated rings. The Labute approximate surface area is 122 Å². The van der Waals surface area contributed by atoms with Crippen LogP contribution in [0.1, 0.15) is 32.3 Å². The molecule has 5 nitrogen and oxygen atoms in total. The molecule has 5 heteroatoms. The minimum absolute atomic E-state index is 0.464. The highest BCUT2D eigenvalue weighted by atomic mass is 15.3. The molecule has 0 amide bonds. The Bertz CT molecular complexity index is 392. The summed E-state index contributed by atoms with van der Waals surface area (Å²) >= 11 is 0. The summed E-state index contributed by atoms with van der Waals surface area (Å²) in [6.45, 7) is 9.58. The highest BCUT2D eigenvalue weighted by Gasteiger charge is 2.21. The van der Waals surface area contributed by atoms with Gasteiger partial charge in [-0.1, -0.05) is 6.92 Å². The van der Waals surface area contributed by atoms with Crippen molar-refractivity contribution in [2.45, 2.75) is 39.3 Å². The predicted molar refractivity (Wildman–Crippen MR) is 83.0 cm³/mol. The van der Waals surface area contributed by atoms with E-state index in [1.54, 1.807) is 0 Å². The number of aromatic nitrogens is 2. The molecule has 1 aromatic rings. The van der Waals surface area contributed by atoms with Gasteiger partial charge in [0.2, 0.25) is 5.95 Å². The molecule has 0 radical (unpaired) electrons. The van der Waals surface area contributed by atoms with Crippen LogP contribution in [0, 0.1) is 0 Å². The Morgan fingerprint density at radius 3 is 2.75 bits per heavy atom. The third-order valence-electron chi connectivity index (χ3n) is 3.75. The van der Waals surface area contributed by atoms with Gasteiger partial charge < -0.3 is 15.1 Å². The van der Waals surface area contributed by atoms with E-state index in [1.165, 1.54) is 6.42 Å². The van der Waals surface area contributed by atoms with E-state index < -0.39 is 0 Å². The number of nitrogens with one attached hydrogen (secondary N) is 1. The van der Waals surface area contributed by atoms with Crippen molar-refractivity contribution in [3.63, 3.8) is 0 Å². The fourth-order valence-corrected chi connectivity index (χ4v) is 2.67. The molecule has 1 aliphatic heterocycles. The zero-order valence-corrected chi connectivity index (χ0v) is 13.0. The molecular weight excluding hydrogens is 250 g/mol. The summed E-state index contributed by atoms with van der Waals surface area (Å²) in [6, 6.07) is 0.464. The van der Waals surface area contributed by atoms with Crippen molar-refractivity contribution in [3.8, 4) is 0 Å². The van der Waals surface area contributed by atoms with Gasteiger partial charge in [0.05, 0.1) is 0 Å². The third-order valence-corrected chi connectivity index (χ3v) is 3.75. The van der Waals surface area contributed by atoms with Crippen molar-refractivity contribution in [2.24, 2.45) is 0 Å². The van der Waals surface area contributed by atoms with Gasteiger partial charge in [0, 0.05) is 43.6 Å². The molecule has 2 heterocycles. The summed E-state index contributed by atoms with van der Waals surface area (Å²) in [6.07, 6.45) is 6.22. The van der Waals surface area contributed by atoms with Gasteiger partial charge in [0.25, 0.3) is 0 Å². The summed E-state index contributed by atoms with van der Waals surface area (Å²) in [5.74, 6) is 0.868. The van der Waals surface area contributed by atoms with Crippen LogP contribution in [-0.4, -0.2) is 54.1 Å². The lowest BCUT2D eigenvalue weighted by atomic mass is 10.3. The molecule has 1 atom stereocenters. The molecule has 2 rings (SSSR count). The van der Waals surface area contributed by atoms with Crippen molar-refractivity contribution in [1.29, 1.82) is 0 Å². The molecule has 112 valence electrons. The molecule has 0 aliphatic carbocycles. The quantitative estimate of drug-likeness (QED) is 0.827. The zero-order valence-electron chi connectivity index (χ0n) is 13.0. The number of hydrogen-bond donors (Lipinski definition) is 1. The van der Waals surface area contributed by atoms with Crippen LogP contribution in [0.4, 0.5) is 5.95 Å². The van der Waals surface area contributed by atoms with E-state index in [0.29, 0.717) is 6.04 Å². The van der Waals surface area contributed by atoms with Gasteiger partial charge in [0.15, 0.2) is 0 Å². The Kier molecular flexibility index (Phi) is 5.73. The lowest BCUT2D eigenvalue weighted by Crippen LogP contribution is -2.39. The molecule has 0 saturated carbocycles. The Morgan fingerprint density at radius 1 is 1.30 bits per heavy atom. The van der Waals surface area contributed by atoms with Gasteiger partial charge >= 0.3 is 0 Å². The second-order valence-corrected chi connectivity index (χ2v) is 5.73. The van der Waals surface area contributed by atoms with Crippen LogP contribution < -0.4 is 10.2 Å². The molecular formula is C15H27N5. The fraction of sp³-hybridized carbons (Fsp3) is 0.733. The summed E-state index contributed by atoms with van der Waals surface area (Å²) in [4.78, 5) is 13.8. The van der Waals surface area contributed by atoms with Crippen LogP contribution in [-0.2, 0) is 6.54 Å². The molecule has 1 unspecified atom stereocenters. The molecule has 0 bridgehead atoms. The molecule has 20 heavy (non-hydrogen) atoms. The van der Waals surface area contributed by atoms with Gasteiger partial charge in [-0.2, -0.15) is 0 Å². The normalized spacial score (nSPS) is 20.9. The average molecular weight is 277 g/mol. The zero-order chi connectivity index (χ0) is 14.4. The van der Waals surface area contributed by atoms with Crippen LogP contribution in [0.5, 0.6) is 0 Å². The number of anilines is 1. The van der Waals surface area contributed by atoms with Crippen molar-refractivity contribution in [2.75, 3.05) is 38.1 Å². The topological polar surface area (TPSA) is 44.3 Å². The van der Waals surface area contributed by atoms with E-state index in [9.17, 15) is 0 Å². The first kappa shape index (κ1) is 15.2. The van der Waals surface area contributed by atoms with Gasteiger partial charge in [-0.3, -0.25) is 0 Å². The first-order valence-corrected chi connectivity index (χ1v) is 7.67. The maximum absolute atomic E-state index is 4.55. The van der Waals surface area contributed by atoms with E-state index in [2.05, 4.69) is 46.0 Å². The Balaban J connectivity index is 1.97. The number of rotatable bonds is 5. The number of nitrogens with zero attached hydrogens (tertiary/aromatic N) is 4. The Morgan fingerprint density at radius 2 is 2.05 bits per heavy atom. The van der Waals surface area contributed by atoms with Crippen LogP contribution >= 0.6 is 0 Å². The van der Waals surface area contributed by atoms with E-state index in [4.69, 9.17) is 0 Å². The molecule has 1 saturated heterocycles. The first-order chi connectivity index (χ1) is 9.70. The highest BCUT2D eigenvalue weighted by Crippen LogP contribution is 2.15. The van der Waals surface area contributed by atoms with Gasteiger partial charge in [-0.15, -0.1) is 0 Å². The molecule has 1 N–H and O–H groups in total. The van der Waals surface area contributed by atoms with Crippen molar-refractivity contribution < 1.29 is 0 Å². The second kappa shape index (κ2) is 7.55. The van der Waals surface area contributed by atoms with Crippen LogP contribution in [0.3, 0.4) is 0 Å². The third kappa shape index (κ3) is 4.15. The van der Waals surface area contributed by atoms with Crippen LogP contribution in [0.15, 0.2) is 12.4 Å². The number of likely N-dealkylation sites (N-methyl/N-ethyl adjacent to an activating group) is 1. The monoisotopic (exact) mass is 277 g/mol. The largest absolute Gasteiger partial charge is 0.337 e. The van der Waals surface area contributed by atoms with Crippen LogP contribution in [0.25, 0.3) is 0 Å². The van der Waals surface area contributed by atoms with Crippen molar-refractivity contribution in [3.05, 3.63) is 18.0 Å². The maximum Gasteiger partial charge on any atom is 0.225 e. The average Bonchev–Trinajstić information content (AvgIpc) is 2.61. The lowest BCUT2D eigenvalue weighted by molar-refractivity contribution is 0.337. The minimum atomic E-state index is 0.464. The van der Waals surface area contributed by atoms with Gasteiger partial charge in [-0.25, -0.2) is 9.97 Å². The van der Waals surface area contributed by atoms with E-state index in [-0.39, 0.29) is 0 Å². The number of hydrogen-bond acceptors (Lipinski definition) is 5. The first-order valence-electron chi connectivity index (χ1n) is 7.67. The SMILES string of the molecule is CCCNCc1cnc(N2CCCN(C)CC2C)nc1. The molecule has 1 aromatic heterocycles. The van der Waals surface area contributed by atoms with E-state index in [0.717, 1.165) is 50.7 Å². The standard InChI is InChI=1S/C15H27N5/c1-4-6-16-9-14-10-17-15(18-11-14)20-8-5-7-19(3)12-13(20)2/h10-11,13,16H,4-9,12H2,1-3H3. The molecule has 0 spiro atoms. The van der Waals surface area contributed by atoms with Crippen molar-refractivity contribution >= 4 is 5.95 Å². The smallest absolute Gasteiger partial charge is 0.225 e. The predicted octanol–water partition coefficient (Wildman–Crippen LogP) is 1.51. The maximum atomic E-state index is 4.55. The van der Waals surface area contributed by atoms with E-state index in [1.807, 2.05) is 12.4 Å². The summed E-state index contributed by atoms with van der Waals surface area (Å²) < 4.78 is 0. The summed E-state index contributed by atoms with van der Waals surface area (Å²) in [5, 5.41) is 3.37. The molecule has 1 aliphatic rings. The highest BCUT2D eigenvalue weighted by molar-refractivity contribution is 5.32. The van der Waals surface area contributed by atoms with Gasteiger partial charge in [0.1, 0.15) is 0 Å². The fourth-order valence-electron chi connectivity index (χ4n) is 2.67. The van der Waals surface area contributed by atoms with Crippen LogP contribution in [0.2, 0.25) is 0 Å². The van der Waals surface area contributed by atoms with Gasteiger partial charge in [-0.05, 0) is 39.9 Å².